The van der Waals surface area contributed by atoms with Crippen molar-refractivity contribution in [1.82, 2.24) is 20.1 Å². The van der Waals surface area contributed by atoms with E-state index in [1.807, 2.05) is 0 Å². The molecule has 0 amide bonds. The van der Waals surface area contributed by atoms with Crippen LogP contribution in [0.25, 0.3) is 0 Å². The number of nitrogens with zero attached hydrogens (tertiary/aromatic N) is 3. The molecule has 2 aromatic rings. The van der Waals surface area contributed by atoms with Crippen molar-refractivity contribution in [2.75, 3.05) is 18.4 Å². The first-order valence-electron chi connectivity index (χ1n) is 12.4. The van der Waals surface area contributed by atoms with Crippen molar-refractivity contribution in [3.8, 4) is 0 Å². The molecule has 0 bridgehead atoms. The average molecular weight is 456 g/mol. The monoisotopic (exact) mass is 455 g/mol. The second-order valence-electron chi connectivity index (χ2n) is 10.1. The highest BCUT2D eigenvalue weighted by atomic mass is 32.2. The maximum Gasteiger partial charge on any atom is 0.247 e. The standard InChI is InChI=1S/C24H33N5O2S/c30-32(31,19-9-5-8-18(15-19)29-12-1-2-13-29)24-26-23(27-28-24)25-22-20-10-3-6-16(20)14-17-7-4-11-21(17)22/h14,18-19H,1-13,15H2,(H2,25,26,27,28). The molecule has 3 aliphatic carbocycles. The Hall–Kier alpha value is -1.93. The fraction of sp³-hybridized carbons (Fsp3) is 0.667. The number of anilines is 2. The Morgan fingerprint density at radius 3 is 2.38 bits per heavy atom. The summed E-state index contributed by atoms with van der Waals surface area (Å²) in [6, 6.07) is 2.78. The van der Waals surface area contributed by atoms with E-state index in [9.17, 15) is 8.42 Å². The molecule has 2 unspecified atom stereocenters. The van der Waals surface area contributed by atoms with Gasteiger partial charge in [0.1, 0.15) is 0 Å². The summed E-state index contributed by atoms with van der Waals surface area (Å²) in [4.78, 5) is 6.94. The molecule has 2 fully saturated rings. The van der Waals surface area contributed by atoms with Crippen LogP contribution in [0.2, 0.25) is 0 Å². The van der Waals surface area contributed by atoms with Crippen LogP contribution in [0.15, 0.2) is 11.2 Å². The maximum atomic E-state index is 13.4. The minimum atomic E-state index is -3.51. The highest BCUT2D eigenvalue weighted by molar-refractivity contribution is 7.91. The number of nitrogens with one attached hydrogen (secondary N) is 2. The molecule has 6 rings (SSSR count). The normalized spacial score (nSPS) is 25.8. The Bertz CT molecular complexity index is 1090. The maximum absolute atomic E-state index is 13.4. The SMILES string of the molecule is O=S(=O)(c1nc(Nc2c3c(cc4c2CCC4)CCC3)n[nH]1)C1CCCC(N2CCCC2)C1. The molecule has 2 atom stereocenters. The zero-order valence-corrected chi connectivity index (χ0v) is 19.5. The van der Waals surface area contributed by atoms with Gasteiger partial charge in [-0.05, 0) is 106 Å². The van der Waals surface area contributed by atoms with Crippen LogP contribution in [0.1, 0.15) is 73.6 Å². The average Bonchev–Trinajstić information content (AvgIpc) is 3.60. The molecule has 1 aromatic carbocycles. The van der Waals surface area contributed by atoms with Gasteiger partial charge in [0, 0.05) is 11.7 Å². The minimum Gasteiger partial charge on any atom is -0.322 e. The lowest BCUT2D eigenvalue weighted by Crippen LogP contribution is -2.41. The fourth-order valence-electron chi connectivity index (χ4n) is 6.51. The Kier molecular flexibility index (Phi) is 5.25. The Morgan fingerprint density at radius 1 is 0.938 bits per heavy atom. The van der Waals surface area contributed by atoms with Crippen molar-refractivity contribution in [2.45, 2.75) is 93.5 Å². The lowest BCUT2D eigenvalue weighted by atomic mass is 9.94. The summed E-state index contributed by atoms with van der Waals surface area (Å²) < 4.78 is 26.8. The topological polar surface area (TPSA) is 91.0 Å². The van der Waals surface area contributed by atoms with E-state index in [2.05, 4.69) is 31.5 Å². The first kappa shape index (κ1) is 20.7. The van der Waals surface area contributed by atoms with E-state index in [1.165, 1.54) is 47.9 Å². The van der Waals surface area contributed by atoms with Gasteiger partial charge in [-0.2, -0.15) is 4.98 Å². The van der Waals surface area contributed by atoms with Gasteiger partial charge in [0.25, 0.3) is 0 Å². The minimum absolute atomic E-state index is 0.0243. The van der Waals surface area contributed by atoms with Crippen LogP contribution in [-0.4, -0.2) is 52.9 Å². The molecule has 2 N–H and O–H groups in total. The zero-order chi connectivity index (χ0) is 21.7. The summed E-state index contributed by atoms with van der Waals surface area (Å²) in [6.07, 6.45) is 12.7. The molecule has 1 saturated heterocycles. The molecule has 4 aliphatic rings. The largest absolute Gasteiger partial charge is 0.322 e. The molecule has 172 valence electrons. The predicted octanol–water partition coefficient (Wildman–Crippen LogP) is 3.71. The van der Waals surface area contributed by atoms with Gasteiger partial charge in [-0.15, -0.1) is 5.10 Å². The van der Waals surface area contributed by atoms with Crippen molar-refractivity contribution in [3.63, 3.8) is 0 Å². The number of hydrogen-bond acceptors (Lipinski definition) is 6. The number of hydrogen-bond donors (Lipinski definition) is 2. The molecule has 32 heavy (non-hydrogen) atoms. The van der Waals surface area contributed by atoms with Crippen molar-refractivity contribution < 1.29 is 8.42 Å². The number of likely N-dealkylation sites (tertiary alicyclic amines) is 1. The second-order valence-corrected chi connectivity index (χ2v) is 12.2. The first-order valence-corrected chi connectivity index (χ1v) is 14.0. The van der Waals surface area contributed by atoms with Gasteiger partial charge in [0.05, 0.1) is 5.25 Å². The summed E-state index contributed by atoms with van der Waals surface area (Å²) in [7, 11) is -3.51. The first-order chi connectivity index (χ1) is 15.6. The van der Waals surface area contributed by atoms with Crippen LogP contribution < -0.4 is 5.32 Å². The van der Waals surface area contributed by atoms with Crippen molar-refractivity contribution in [3.05, 3.63) is 28.3 Å². The third-order valence-corrected chi connectivity index (χ3v) is 10.2. The van der Waals surface area contributed by atoms with Crippen molar-refractivity contribution in [2.24, 2.45) is 0 Å². The third kappa shape index (κ3) is 3.55. The molecular weight excluding hydrogens is 422 g/mol. The third-order valence-electron chi connectivity index (χ3n) is 8.14. The van der Waals surface area contributed by atoms with Gasteiger partial charge in [0.15, 0.2) is 0 Å². The van der Waals surface area contributed by atoms with E-state index in [0.29, 0.717) is 18.4 Å². The summed E-state index contributed by atoms with van der Waals surface area (Å²) in [6.45, 7) is 2.22. The quantitative estimate of drug-likeness (QED) is 0.714. The highest BCUT2D eigenvalue weighted by Gasteiger charge is 2.37. The van der Waals surface area contributed by atoms with Crippen LogP contribution in [0.4, 0.5) is 11.6 Å². The number of aromatic amines is 1. The van der Waals surface area contributed by atoms with Crippen LogP contribution in [0.5, 0.6) is 0 Å². The van der Waals surface area contributed by atoms with E-state index in [0.717, 1.165) is 63.7 Å². The summed E-state index contributed by atoms with van der Waals surface area (Å²) in [5.74, 6) is 0.380. The molecule has 0 radical (unpaired) electrons. The molecule has 8 heteroatoms. The smallest absolute Gasteiger partial charge is 0.247 e. The van der Waals surface area contributed by atoms with E-state index < -0.39 is 9.84 Å². The molecular formula is C24H33N5O2S. The number of H-pyrrole nitrogens is 1. The molecule has 7 nitrogen and oxygen atoms in total. The number of rotatable bonds is 5. The highest BCUT2D eigenvalue weighted by Crippen LogP contribution is 2.40. The van der Waals surface area contributed by atoms with Crippen molar-refractivity contribution >= 4 is 21.5 Å². The van der Waals surface area contributed by atoms with Gasteiger partial charge >= 0.3 is 0 Å². The number of benzene rings is 1. The Balaban J connectivity index is 1.24. The number of aryl methyl sites for hydroxylation is 2. The zero-order valence-electron chi connectivity index (χ0n) is 18.7. The van der Waals surface area contributed by atoms with Gasteiger partial charge in [-0.1, -0.05) is 12.5 Å². The van der Waals surface area contributed by atoms with E-state index >= 15 is 0 Å². The lowest BCUT2D eigenvalue weighted by molar-refractivity contribution is 0.192. The van der Waals surface area contributed by atoms with Crippen LogP contribution >= 0.6 is 0 Å². The summed E-state index contributed by atoms with van der Waals surface area (Å²) in [5.41, 5.74) is 6.77. The van der Waals surface area contributed by atoms with Crippen LogP contribution in [0, 0.1) is 0 Å². The Labute approximate surface area is 190 Å². The van der Waals surface area contributed by atoms with E-state index in [-0.39, 0.29) is 10.4 Å². The van der Waals surface area contributed by atoms with Crippen molar-refractivity contribution in [1.29, 1.82) is 0 Å². The van der Waals surface area contributed by atoms with E-state index in [1.54, 1.807) is 0 Å². The van der Waals surface area contributed by atoms with E-state index in [4.69, 9.17) is 0 Å². The van der Waals surface area contributed by atoms with Gasteiger partial charge in [0.2, 0.25) is 20.9 Å². The second kappa shape index (κ2) is 8.13. The van der Waals surface area contributed by atoms with Gasteiger partial charge < -0.3 is 10.2 Å². The number of aromatic nitrogens is 3. The van der Waals surface area contributed by atoms with Crippen LogP contribution in [-0.2, 0) is 35.5 Å². The molecule has 1 saturated carbocycles. The molecule has 1 aliphatic heterocycles. The fourth-order valence-corrected chi connectivity index (χ4v) is 8.16. The summed E-state index contributed by atoms with van der Waals surface area (Å²) in [5, 5.41) is 10.1. The van der Waals surface area contributed by atoms with Gasteiger partial charge in [-0.25, -0.2) is 13.5 Å². The lowest BCUT2D eigenvalue weighted by Gasteiger charge is -2.34. The Morgan fingerprint density at radius 2 is 1.66 bits per heavy atom. The molecule has 1 aromatic heterocycles. The number of fused-ring (bicyclic) bond motifs is 2. The van der Waals surface area contributed by atoms with Crippen LogP contribution in [0.3, 0.4) is 0 Å². The number of sulfone groups is 1. The molecule has 0 spiro atoms. The molecule has 2 heterocycles. The predicted molar refractivity (Wildman–Crippen MR) is 124 cm³/mol. The van der Waals surface area contributed by atoms with Gasteiger partial charge in [-0.3, -0.25) is 0 Å². The summed E-state index contributed by atoms with van der Waals surface area (Å²) >= 11 is 0.